The number of methoxy groups -OCH3 is 1. The fourth-order valence-electron chi connectivity index (χ4n) is 1.68. The molecule has 0 saturated carbocycles. The van der Waals surface area contributed by atoms with Crippen molar-refractivity contribution >= 4 is 0 Å². The van der Waals surface area contributed by atoms with Crippen LogP contribution in [0.25, 0.3) is 0 Å². The van der Waals surface area contributed by atoms with Gasteiger partial charge in [0.1, 0.15) is 0 Å². The molecular formula is C12H18FNO. The van der Waals surface area contributed by atoms with E-state index < -0.39 is 0 Å². The Morgan fingerprint density at radius 3 is 2.53 bits per heavy atom. The summed E-state index contributed by atoms with van der Waals surface area (Å²) in [7, 11) is 1.46. The van der Waals surface area contributed by atoms with Crippen LogP contribution in [0.2, 0.25) is 0 Å². The summed E-state index contributed by atoms with van der Waals surface area (Å²) in [5.74, 6) is 0.240. The van der Waals surface area contributed by atoms with Crippen molar-refractivity contribution in [1.29, 1.82) is 0 Å². The first-order valence-corrected chi connectivity index (χ1v) is 5.13. The maximum absolute atomic E-state index is 13.4. The molecule has 0 heterocycles. The van der Waals surface area contributed by atoms with Gasteiger partial charge >= 0.3 is 0 Å². The number of ether oxygens (including phenoxy) is 1. The summed E-state index contributed by atoms with van der Waals surface area (Å²) in [4.78, 5) is 0. The summed E-state index contributed by atoms with van der Waals surface area (Å²) in [5, 5.41) is 0. The summed E-state index contributed by atoms with van der Waals surface area (Å²) < 4.78 is 18.3. The molecule has 84 valence electrons. The van der Waals surface area contributed by atoms with Crippen molar-refractivity contribution in [2.45, 2.75) is 32.2 Å². The van der Waals surface area contributed by atoms with Gasteiger partial charge in [0.2, 0.25) is 0 Å². The Morgan fingerprint density at radius 1 is 1.40 bits per heavy atom. The zero-order valence-electron chi connectivity index (χ0n) is 9.46. The Labute approximate surface area is 90.2 Å². The lowest BCUT2D eigenvalue weighted by Crippen LogP contribution is -2.17. The number of hydrogen-bond donors (Lipinski definition) is 1. The maximum Gasteiger partial charge on any atom is 0.165 e. The van der Waals surface area contributed by atoms with Crippen LogP contribution in [0.5, 0.6) is 5.75 Å². The number of nitrogens with two attached hydrogens (primary N) is 1. The normalized spacial score (nSPS) is 14.7. The lowest BCUT2D eigenvalue weighted by atomic mass is 9.94. The average Bonchev–Trinajstić information content (AvgIpc) is 2.16. The van der Waals surface area contributed by atoms with Gasteiger partial charge in [0.15, 0.2) is 11.6 Å². The van der Waals surface area contributed by atoms with Gasteiger partial charge in [-0.2, -0.15) is 0 Å². The van der Waals surface area contributed by atoms with Gasteiger partial charge in [0, 0.05) is 6.04 Å². The Morgan fingerprint density at radius 2 is 2.07 bits per heavy atom. The number of halogens is 1. The highest BCUT2D eigenvalue weighted by atomic mass is 19.1. The standard InChI is InChI=1S/C12H18FNO/c1-8(6-9(2)14)10-4-5-12(15-3)11(13)7-10/h4-5,7-9H,6,14H2,1-3H3. The van der Waals surface area contributed by atoms with E-state index in [0.717, 1.165) is 12.0 Å². The highest BCUT2D eigenvalue weighted by molar-refractivity contribution is 5.31. The van der Waals surface area contributed by atoms with E-state index in [-0.39, 0.29) is 23.5 Å². The largest absolute Gasteiger partial charge is 0.494 e. The second-order valence-electron chi connectivity index (χ2n) is 4.01. The van der Waals surface area contributed by atoms with Crippen molar-refractivity contribution in [3.63, 3.8) is 0 Å². The Balaban J connectivity index is 2.82. The van der Waals surface area contributed by atoms with E-state index in [1.807, 2.05) is 19.9 Å². The first kappa shape index (κ1) is 12.0. The van der Waals surface area contributed by atoms with Crippen molar-refractivity contribution in [3.05, 3.63) is 29.6 Å². The number of benzene rings is 1. The third kappa shape index (κ3) is 3.20. The second kappa shape index (κ2) is 5.12. The van der Waals surface area contributed by atoms with Crippen LogP contribution in [0.15, 0.2) is 18.2 Å². The zero-order valence-corrected chi connectivity index (χ0v) is 9.46. The maximum atomic E-state index is 13.4. The van der Waals surface area contributed by atoms with Gasteiger partial charge < -0.3 is 10.5 Å². The van der Waals surface area contributed by atoms with E-state index in [2.05, 4.69) is 0 Å². The molecule has 0 aliphatic rings. The lowest BCUT2D eigenvalue weighted by Gasteiger charge is -2.15. The monoisotopic (exact) mass is 211 g/mol. The van der Waals surface area contributed by atoms with Crippen molar-refractivity contribution in [2.75, 3.05) is 7.11 Å². The highest BCUT2D eigenvalue weighted by Crippen LogP contribution is 2.25. The van der Waals surface area contributed by atoms with Crippen molar-refractivity contribution < 1.29 is 9.13 Å². The third-order valence-corrected chi connectivity index (χ3v) is 2.47. The van der Waals surface area contributed by atoms with Gasteiger partial charge in [-0.05, 0) is 37.0 Å². The minimum atomic E-state index is -0.313. The molecule has 1 aromatic rings. The summed E-state index contributed by atoms with van der Waals surface area (Å²) in [6, 6.07) is 5.19. The third-order valence-electron chi connectivity index (χ3n) is 2.47. The quantitative estimate of drug-likeness (QED) is 0.831. The van der Waals surface area contributed by atoms with Gasteiger partial charge in [-0.1, -0.05) is 13.0 Å². The van der Waals surface area contributed by atoms with Crippen molar-refractivity contribution in [2.24, 2.45) is 5.73 Å². The van der Waals surface area contributed by atoms with Gasteiger partial charge in [-0.15, -0.1) is 0 Å². The summed E-state index contributed by atoms with van der Waals surface area (Å²) in [5.41, 5.74) is 6.67. The molecular weight excluding hydrogens is 193 g/mol. The topological polar surface area (TPSA) is 35.2 Å². The van der Waals surface area contributed by atoms with Crippen LogP contribution in [0.1, 0.15) is 31.7 Å². The van der Waals surface area contributed by atoms with Crippen LogP contribution in [0.3, 0.4) is 0 Å². The molecule has 2 atom stereocenters. The van der Waals surface area contributed by atoms with E-state index in [1.165, 1.54) is 13.2 Å². The zero-order chi connectivity index (χ0) is 11.4. The predicted molar refractivity (Wildman–Crippen MR) is 59.6 cm³/mol. The molecule has 0 fully saturated rings. The summed E-state index contributed by atoms with van der Waals surface area (Å²) in [6.07, 6.45) is 0.853. The molecule has 0 bridgehead atoms. The number of hydrogen-bond acceptors (Lipinski definition) is 2. The Kier molecular flexibility index (Phi) is 4.09. The van der Waals surface area contributed by atoms with E-state index in [9.17, 15) is 4.39 Å². The highest BCUT2D eigenvalue weighted by Gasteiger charge is 2.11. The minimum Gasteiger partial charge on any atom is -0.494 e. The number of rotatable bonds is 4. The minimum absolute atomic E-state index is 0.130. The molecule has 0 aliphatic heterocycles. The predicted octanol–water partition coefficient (Wildman–Crippen LogP) is 2.68. The molecule has 0 aliphatic carbocycles. The van der Waals surface area contributed by atoms with E-state index in [1.54, 1.807) is 6.07 Å². The Bertz CT molecular complexity index is 325. The van der Waals surface area contributed by atoms with Crippen LogP contribution in [-0.4, -0.2) is 13.2 Å². The SMILES string of the molecule is COc1ccc(C(C)CC(C)N)cc1F. The lowest BCUT2D eigenvalue weighted by molar-refractivity contribution is 0.385. The molecule has 1 rings (SSSR count). The van der Waals surface area contributed by atoms with Gasteiger partial charge in [0.25, 0.3) is 0 Å². The molecule has 2 N–H and O–H groups in total. The molecule has 15 heavy (non-hydrogen) atoms. The first-order valence-electron chi connectivity index (χ1n) is 5.13. The van der Waals surface area contributed by atoms with Gasteiger partial charge in [-0.3, -0.25) is 0 Å². The van der Waals surface area contributed by atoms with E-state index >= 15 is 0 Å². The first-order chi connectivity index (χ1) is 7.04. The fourth-order valence-corrected chi connectivity index (χ4v) is 1.68. The second-order valence-corrected chi connectivity index (χ2v) is 4.01. The molecule has 1 aromatic carbocycles. The van der Waals surface area contributed by atoms with Crippen LogP contribution in [0, 0.1) is 5.82 Å². The van der Waals surface area contributed by atoms with Gasteiger partial charge in [0.05, 0.1) is 7.11 Å². The van der Waals surface area contributed by atoms with E-state index in [4.69, 9.17) is 10.5 Å². The van der Waals surface area contributed by atoms with Crippen LogP contribution in [0.4, 0.5) is 4.39 Å². The summed E-state index contributed by atoms with van der Waals surface area (Å²) >= 11 is 0. The van der Waals surface area contributed by atoms with Crippen LogP contribution in [-0.2, 0) is 0 Å². The molecule has 2 unspecified atom stereocenters. The molecule has 0 amide bonds. The molecule has 0 aromatic heterocycles. The fraction of sp³-hybridized carbons (Fsp3) is 0.500. The molecule has 0 saturated heterocycles. The Hall–Kier alpha value is -1.09. The molecule has 2 nitrogen and oxygen atoms in total. The van der Waals surface area contributed by atoms with Crippen LogP contribution >= 0.6 is 0 Å². The average molecular weight is 211 g/mol. The van der Waals surface area contributed by atoms with Crippen LogP contribution < -0.4 is 10.5 Å². The van der Waals surface area contributed by atoms with Gasteiger partial charge in [-0.25, -0.2) is 4.39 Å². The molecule has 3 heteroatoms. The smallest absolute Gasteiger partial charge is 0.165 e. The molecule has 0 radical (unpaired) electrons. The van der Waals surface area contributed by atoms with E-state index in [0.29, 0.717) is 0 Å². The molecule has 0 spiro atoms. The van der Waals surface area contributed by atoms with Crippen molar-refractivity contribution in [3.8, 4) is 5.75 Å². The summed E-state index contributed by atoms with van der Waals surface area (Å²) in [6.45, 7) is 4.00. The van der Waals surface area contributed by atoms with Crippen molar-refractivity contribution in [1.82, 2.24) is 0 Å².